The zero-order valence-corrected chi connectivity index (χ0v) is 16.0. The van der Waals surface area contributed by atoms with E-state index in [1.54, 1.807) is 0 Å². The van der Waals surface area contributed by atoms with Crippen LogP contribution < -0.4 is 4.74 Å². The maximum absolute atomic E-state index is 6.27. The molecule has 5 rings (SSSR count). The lowest BCUT2D eigenvalue weighted by Crippen LogP contribution is -2.40. The maximum atomic E-state index is 6.27. The fourth-order valence-corrected chi connectivity index (χ4v) is 4.29. The minimum Gasteiger partial charge on any atom is -0.469 e. The molecule has 0 aromatic heterocycles. The number of benzene rings is 3. The minimum absolute atomic E-state index is 0.0216. The highest BCUT2D eigenvalue weighted by molar-refractivity contribution is 6.30. The smallest absolute Gasteiger partial charge is 0.187 e. The summed E-state index contributed by atoms with van der Waals surface area (Å²) < 4.78 is 6.26. The van der Waals surface area contributed by atoms with Crippen molar-refractivity contribution in [1.29, 1.82) is 0 Å². The molecular formula is C23H21ClN2O. The third-order valence-corrected chi connectivity index (χ3v) is 5.68. The van der Waals surface area contributed by atoms with E-state index >= 15 is 0 Å². The van der Waals surface area contributed by atoms with Crippen LogP contribution in [0.5, 0.6) is 5.75 Å². The summed E-state index contributed by atoms with van der Waals surface area (Å²) in [6.07, 6.45) is 2.85. The number of rotatable bonds is 3. The van der Waals surface area contributed by atoms with Crippen molar-refractivity contribution in [3.05, 3.63) is 76.8 Å². The average molecular weight is 377 g/mol. The first-order valence-corrected chi connectivity index (χ1v) is 9.92. The maximum Gasteiger partial charge on any atom is 0.187 e. The summed E-state index contributed by atoms with van der Waals surface area (Å²) in [5, 5.41) is 10.4. The molecule has 0 N–H and O–H groups in total. The molecule has 27 heavy (non-hydrogen) atoms. The van der Waals surface area contributed by atoms with Gasteiger partial charge >= 0.3 is 0 Å². The number of nitrogens with zero attached hydrogens (tertiary/aromatic N) is 2. The topological polar surface area (TPSA) is 24.8 Å². The van der Waals surface area contributed by atoms with Crippen molar-refractivity contribution in [1.82, 2.24) is 5.01 Å². The predicted molar refractivity (Wildman–Crippen MR) is 110 cm³/mol. The molecule has 0 radical (unpaired) electrons. The molecule has 2 heterocycles. The lowest BCUT2D eigenvalue weighted by atomic mass is 9.95. The summed E-state index contributed by atoms with van der Waals surface area (Å²) >= 11 is 6.27. The Morgan fingerprint density at radius 2 is 1.93 bits per heavy atom. The molecule has 2 atom stereocenters. The van der Waals surface area contributed by atoms with Crippen LogP contribution >= 0.6 is 11.6 Å². The highest BCUT2D eigenvalue weighted by Gasteiger charge is 2.39. The van der Waals surface area contributed by atoms with Crippen molar-refractivity contribution < 1.29 is 4.74 Å². The van der Waals surface area contributed by atoms with E-state index in [0.29, 0.717) is 0 Å². The molecule has 0 aliphatic carbocycles. The molecule has 0 bridgehead atoms. The average Bonchev–Trinajstić information content (AvgIpc) is 3.14. The van der Waals surface area contributed by atoms with E-state index < -0.39 is 0 Å². The first-order chi connectivity index (χ1) is 13.2. The summed E-state index contributed by atoms with van der Waals surface area (Å²) in [6.45, 7) is 2.18. The van der Waals surface area contributed by atoms with Gasteiger partial charge in [-0.2, -0.15) is 5.10 Å². The third kappa shape index (κ3) is 2.87. The number of hydrogen-bond acceptors (Lipinski definition) is 3. The van der Waals surface area contributed by atoms with Gasteiger partial charge in [0.15, 0.2) is 6.23 Å². The van der Waals surface area contributed by atoms with Gasteiger partial charge in [-0.3, -0.25) is 5.01 Å². The molecule has 0 saturated carbocycles. The Bertz CT molecular complexity index is 1050. The number of halogens is 1. The van der Waals surface area contributed by atoms with Crippen LogP contribution in [-0.2, 0) is 0 Å². The van der Waals surface area contributed by atoms with Crippen molar-refractivity contribution in [2.45, 2.75) is 38.5 Å². The number of hydrazone groups is 1. The highest BCUT2D eigenvalue weighted by Crippen LogP contribution is 2.44. The highest BCUT2D eigenvalue weighted by atomic mass is 35.5. The molecule has 0 spiro atoms. The quantitative estimate of drug-likeness (QED) is 0.546. The van der Waals surface area contributed by atoms with Gasteiger partial charge < -0.3 is 4.74 Å². The Labute approximate surface area is 164 Å². The lowest BCUT2D eigenvalue weighted by molar-refractivity contribution is -0.0223. The molecule has 0 unspecified atom stereocenters. The monoisotopic (exact) mass is 376 g/mol. The molecule has 136 valence electrons. The molecule has 3 aromatic rings. The number of fused-ring (bicyclic) bond motifs is 4. The van der Waals surface area contributed by atoms with Gasteiger partial charge in [0.2, 0.25) is 0 Å². The Balaban J connectivity index is 1.55. The Morgan fingerprint density at radius 3 is 2.78 bits per heavy atom. The summed E-state index contributed by atoms with van der Waals surface area (Å²) in [5.41, 5.74) is 3.43. The van der Waals surface area contributed by atoms with Crippen LogP contribution in [0.3, 0.4) is 0 Å². The van der Waals surface area contributed by atoms with Crippen LogP contribution in [0.4, 0.5) is 0 Å². The molecule has 0 fully saturated rings. The van der Waals surface area contributed by atoms with Crippen LogP contribution in [0.15, 0.2) is 65.8 Å². The zero-order chi connectivity index (χ0) is 18.4. The molecule has 0 saturated heterocycles. The number of ether oxygens (including phenoxy) is 1. The van der Waals surface area contributed by atoms with E-state index in [1.807, 2.05) is 18.2 Å². The number of hydrogen-bond donors (Lipinski definition) is 0. The van der Waals surface area contributed by atoms with Gasteiger partial charge in [-0.1, -0.05) is 61.3 Å². The summed E-state index contributed by atoms with van der Waals surface area (Å²) in [4.78, 5) is 0. The van der Waals surface area contributed by atoms with Crippen LogP contribution in [0.25, 0.3) is 10.8 Å². The molecule has 3 aromatic carbocycles. The second kappa shape index (κ2) is 6.58. The second-order valence-corrected chi connectivity index (χ2v) is 7.69. The Kier molecular flexibility index (Phi) is 4.05. The van der Waals surface area contributed by atoms with Gasteiger partial charge in [0, 0.05) is 23.4 Å². The Hall–Kier alpha value is -2.52. The molecule has 4 heteroatoms. The van der Waals surface area contributed by atoms with Crippen LogP contribution in [0.1, 0.15) is 43.4 Å². The summed E-state index contributed by atoms with van der Waals surface area (Å²) in [5.74, 6) is 0.939. The largest absolute Gasteiger partial charge is 0.469 e. The first kappa shape index (κ1) is 16.6. The van der Waals surface area contributed by atoms with E-state index in [1.165, 1.54) is 16.3 Å². The summed E-state index contributed by atoms with van der Waals surface area (Å²) in [7, 11) is 0. The molecule has 2 aliphatic heterocycles. The first-order valence-electron chi connectivity index (χ1n) is 9.54. The fraction of sp³-hybridized carbons (Fsp3) is 0.261. The summed E-state index contributed by atoms with van der Waals surface area (Å²) in [6, 6.07) is 21.1. The van der Waals surface area contributed by atoms with Crippen LogP contribution in [0.2, 0.25) is 5.02 Å². The standard InChI is InChI=1S/C23H21ClN2O/c1-2-5-23-26-21(19-13-18(24)10-11-22(19)27-23)14-20(25-26)17-9-8-15-6-3-4-7-16(15)12-17/h3-4,6-13,21,23H,2,5,14H2,1H3/t21-,23+/m1/s1. The SMILES string of the molecule is CCC[C@@H]1Oc2ccc(Cl)cc2[C@H]2CC(c3ccc4ccccc4c3)=NN12. The molecule has 2 aliphatic rings. The van der Waals surface area contributed by atoms with Gasteiger partial charge in [-0.25, -0.2) is 0 Å². The van der Waals surface area contributed by atoms with E-state index in [-0.39, 0.29) is 12.3 Å². The molecular weight excluding hydrogens is 356 g/mol. The van der Waals surface area contributed by atoms with Gasteiger partial charge in [-0.05, 0) is 40.6 Å². The van der Waals surface area contributed by atoms with E-state index in [0.717, 1.165) is 41.3 Å². The van der Waals surface area contributed by atoms with Crippen molar-refractivity contribution in [3.8, 4) is 5.75 Å². The van der Waals surface area contributed by atoms with Gasteiger partial charge in [0.1, 0.15) is 5.75 Å². The van der Waals surface area contributed by atoms with Crippen molar-refractivity contribution >= 4 is 28.1 Å². The molecule has 3 nitrogen and oxygen atoms in total. The van der Waals surface area contributed by atoms with E-state index in [9.17, 15) is 0 Å². The second-order valence-electron chi connectivity index (χ2n) is 7.25. The normalized spacial score (nSPS) is 20.8. The van der Waals surface area contributed by atoms with E-state index in [2.05, 4.69) is 54.4 Å². The van der Waals surface area contributed by atoms with Gasteiger partial charge in [-0.15, -0.1) is 0 Å². The molecule has 0 amide bonds. The van der Waals surface area contributed by atoms with Crippen LogP contribution in [-0.4, -0.2) is 16.9 Å². The lowest BCUT2D eigenvalue weighted by Gasteiger charge is -2.38. The van der Waals surface area contributed by atoms with Crippen molar-refractivity contribution in [2.75, 3.05) is 0 Å². The fourth-order valence-electron chi connectivity index (χ4n) is 4.11. The van der Waals surface area contributed by atoms with Gasteiger partial charge in [0.05, 0.1) is 11.8 Å². The minimum atomic E-state index is -0.0216. The van der Waals surface area contributed by atoms with Crippen molar-refractivity contribution in [3.63, 3.8) is 0 Å². The van der Waals surface area contributed by atoms with Crippen LogP contribution in [0, 0.1) is 0 Å². The third-order valence-electron chi connectivity index (χ3n) is 5.45. The predicted octanol–water partition coefficient (Wildman–Crippen LogP) is 6.16. The van der Waals surface area contributed by atoms with E-state index in [4.69, 9.17) is 21.4 Å². The van der Waals surface area contributed by atoms with Gasteiger partial charge in [0.25, 0.3) is 0 Å². The zero-order valence-electron chi connectivity index (χ0n) is 15.2. The Morgan fingerprint density at radius 1 is 1.07 bits per heavy atom. The van der Waals surface area contributed by atoms with Crippen molar-refractivity contribution in [2.24, 2.45) is 5.10 Å².